The standard InChI is InChI=1S/C27H37Cl2N3O4S/c1-6-24(27(34)30-17-19(2)3)31(18-21-13-14-22(28)23(29)16-21)26(33)12-9-15-32(37(5,35)36)25-11-8-7-10-20(25)4/h7-8,10-11,13-14,16,19,24H,6,9,12,15,17-18H2,1-5H3,(H,30,34). The highest BCUT2D eigenvalue weighted by molar-refractivity contribution is 7.92. The number of halogens is 2. The molecule has 0 aliphatic rings. The van der Waals surface area contributed by atoms with Crippen LogP contribution in [-0.4, -0.2) is 50.5 Å². The highest BCUT2D eigenvalue weighted by Gasteiger charge is 2.29. The minimum Gasteiger partial charge on any atom is -0.354 e. The van der Waals surface area contributed by atoms with Crippen LogP contribution in [0.2, 0.25) is 10.0 Å². The predicted octanol–water partition coefficient (Wildman–Crippen LogP) is 5.43. The molecule has 2 aromatic carbocycles. The Balaban J connectivity index is 2.25. The van der Waals surface area contributed by atoms with Crippen molar-refractivity contribution in [2.24, 2.45) is 5.92 Å². The van der Waals surface area contributed by atoms with Crippen LogP contribution in [0.1, 0.15) is 51.2 Å². The van der Waals surface area contributed by atoms with E-state index in [1.165, 1.54) is 4.31 Å². The highest BCUT2D eigenvalue weighted by atomic mass is 35.5. The lowest BCUT2D eigenvalue weighted by Gasteiger charge is -2.31. The highest BCUT2D eigenvalue weighted by Crippen LogP contribution is 2.25. The summed E-state index contributed by atoms with van der Waals surface area (Å²) in [7, 11) is -3.55. The fraction of sp³-hybridized carbons (Fsp3) is 0.481. The van der Waals surface area contributed by atoms with Crippen LogP contribution in [0.15, 0.2) is 42.5 Å². The lowest BCUT2D eigenvalue weighted by molar-refractivity contribution is -0.141. The quantitative estimate of drug-likeness (QED) is 0.348. The van der Waals surface area contributed by atoms with Gasteiger partial charge in [-0.05, 0) is 55.0 Å². The fourth-order valence-corrected chi connectivity index (χ4v) is 5.35. The molecule has 0 radical (unpaired) electrons. The molecule has 0 bridgehead atoms. The summed E-state index contributed by atoms with van der Waals surface area (Å²) in [6.45, 7) is 8.54. The molecule has 10 heteroatoms. The van der Waals surface area contributed by atoms with Crippen LogP contribution in [0.3, 0.4) is 0 Å². The zero-order valence-electron chi connectivity index (χ0n) is 22.1. The van der Waals surface area contributed by atoms with Crippen LogP contribution < -0.4 is 9.62 Å². The molecule has 1 atom stereocenters. The first-order chi connectivity index (χ1) is 17.3. The van der Waals surface area contributed by atoms with Crippen molar-refractivity contribution in [1.82, 2.24) is 10.2 Å². The van der Waals surface area contributed by atoms with Crippen LogP contribution in [0.4, 0.5) is 5.69 Å². The van der Waals surface area contributed by atoms with E-state index in [9.17, 15) is 18.0 Å². The van der Waals surface area contributed by atoms with Gasteiger partial charge in [0.2, 0.25) is 21.8 Å². The number of sulfonamides is 1. The topological polar surface area (TPSA) is 86.8 Å². The number of amides is 2. The van der Waals surface area contributed by atoms with Crippen molar-refractivity contribution in [3.63, 3.8) is 0 Å². The average Bonchev–Trinajstić information content (AvgIpc) is 2.82. The van der Waals surface area contributed by atoms with Crippen LogP contribution in [0.25, 0.3) is 0 Å². The third kappa shape index (κ3) is 9.20. The molecule has 204 valence electrons. The Bertz CT molecular complexity index is 1190. The number of rotatable bonds is 13. The minimum absolute atomic E-state index is 0.0766. The number of benzene rings is 2. The van der Waals surface area contributed by atoms with Crippen molar-refractivity contribution < 1.29 is 18.0 Å². The summed E-state index contributed by atoms with van der Waals surface area (Å²) in [6.07, 6.45) is 1.95. The molecule has 0 heterocycles. The predicted molar refractivity (Wildman–Crippen MR) is 152 cm³/mol. The van der Waals surface area contributed by atoms with Gasteiger partial charge in [0.1, 0.15) is 6.04 Å². The molecular weight excluding hydrogens is 533 g/mol. The van der Waals surface area contributed by atoms with E-state index in [1.807, 2.05) is 39.8 Å². The maximum absolute atomic E-state index is 13.5. The van der Waals surface area contributed by atoms with Crippen molar-refractivity contribution in [1.29, 1.82) is 0 Å². The van der Waals surface area contributed by atoms with E-state index in [0.29, 0.717) is 35.1 Å². The molecule has 2 amide bonds. The van der Waals surface area contributed by atoms with E-state index in [2.05, 4.69) is 5.32 Å². The summed E-state index contributed by atoms with van der Waals surface area (Å²) in [4.78, 5) is 28.1. The molecule has 1 N–H and O–H groups in total. The Morgan fingerprint density at radius 2 is 1.73 bits per heavy atom. The molecule has 0 spiro atoms. The number of hydrogen-bond donors (Lipinski definition) is 1. The Morgan fingerprint density at radius 3 is 2.30 bits per heavy atom. The molecule has 2 rings (SSSR count). The smallest absolute Gasteiger partial charge is 0.242 e. The third-order valence-corrected chi connectivity index (χ3v) is 7.86. The van der Waals surface area contributed by atoms with Crippen LogP contribution in [0, 0.1) is 12.8 Å². The largest absolute Gasteiger partial charge is 0.354 e. The lowest BCUT2D eigenvalue weighted by Crippen LogP contribution is -2.49. The first-order valence-electron chi connectivity index (χ1n) is 12.4. The van der Waals surface area contributed by atoms with Crippen molar-refractivity contribution >= 4 is 50.7 Å². The van der Waals surface area contributed by atoms with Gasteiger partial charge in [-0.2, -0.15) is 0 Å². The molecule has 0 aliphatic heterocycles. The Labute approximate surface area is 231 Å². The van der Waals surface area contributed by atoms with E-state index in [1.54, 1.807) is 35.2 Å². The molecule has 1 unspecified atom stereocenters. The van der Waals surface area contributed by atoms with Gasteiger partial charge in [-0.15, -0.1) is 0 Å². The lowest BCUT2D eigenvalue weighted by atomic mass is 10.1. The number of nitrogens with one attached hydrogen (secondary N) is 1. The monoisotopic (exact) mass is 569 g/mol. The van der Waals surface area contributed by atoms with Gasteiger partial charge >= 0.3 is 0 Å². The summed E-state index contributed by atoms with van der Waals surface area (Å²) in [5.74, 6) is -0.192. The third-order valence-electron chi connectivity index (χ3n) is 5.94. The number of anilines is 1. The van der Waals surface area contributed by atoms with Gasteiger partial charge in [-0.3, -0.25) is 13.9 Å². The second kappa shape index (κ2) is 14.0. The average molecular weight is 571 g/mol. The second-order valence-corrected chi connectivity index (χ2v) is 12.3. The van der Waals surface area contributed by atoms with Crippen LogP contribution >= 0.6 is 23.2 Å². The van der Waals surface area contributed by atoms with Gasteiger partial charge in [0.25, 0.3) is 0 Å². The summed E-state index contributed by atoms with van der Waals surface area (Å²) < 4.78 is 26.4. The maximum Gasteiger partial charge on any atom is 0.242 e. The second-order valence-electron chi connectivity index (χ2n) is 9.56. The van der Waals surface area contributed by atoms with Crippen molar-refractivity contribution in [3.05, 3.63) is 63.6 Å². The Hall–Kier alpha value is -2.29. The van der Waals surface area contributed by atoms with E-state index in [0.717, 1.165) is 17.4 Å². The molecular formula is C27H37Cl2N3O4S. The van der Waals surface area contributed by atoms with Crippen molar-refractivity contribution in [3.8, 4) is 0 Å². The van der Waals surface area contributed by atoms with Gasteiger partial charge in [-0.1, -0.05) is 68.2 Å². The van der Waals surface area contributed by atoms with E-state index in [4.69, 9.17) is 23.2 Å². The van der Waals surface area contributed by atoms with E-state index >= 15 is 0 Å². The van der Waals surface area contributed by atoms with Gasteiger partial charge < -0.3 is 10.2 Å². The van der Waals surface area contributed by atoms with Crippen molar-refractivity contribution in [2.75, 3.05) is 23.7 Å². The van der Waals surface area contributed by atoms with Crippen LogP contribution in [0.5, 0.6) is 0 Å². The van der Waals surface area contributed by atoms with Gasteiger partial charge in [0, 0.05) is 26.1 Å². The summed E-state index contributed by atoms with van der Waals surface area (Å²) in [5.41, 5.74) is 2.16. The molecule has 0 saturated carbocycles. The van der Waals surface area contributed by atoms with Crippen LogP contribution in [-0.2, 0) is 26.2 Å². The number of hydrogen-bond acceptors (Lipinski definition) is 4. The number of aryl methyl sites for hydroxylation is 1. The van der Waals surface area contributed by atoms with Crippen molar-refractivity contribution in [2.45, 2.75) is 59.5 Å². The van der Waals surface area contributed by atoms with E-state index < -0.39 is 16.1 Å². The normalized spacial score (nSPS) is 12.3. The Kier molecular flexibility index (Phi) is 11.7. The summed E-state index contributed by atoms with van der Waals surface area (Å²) in [5, 5.41) is 3.70. The fourth-order valence-electron chi connectivity index (χ4n) is 4.00. The number of nitrogens with zero attached hydrogens (tertiary/aromatic N) is 2. The zero-order valence-corrected chi connectivity index (χ0v) is 24.5. The number of para-hydroxylation sites is 1. The summed E-state index contributed by atoms with van der Waals surface area (Å²) >= 11 is 12.2. The Morgan fingerprint density at radius 1 is 1.05 bits per heavy atom. The zero-order chi connectivity index (χ0) is 27.8. The molecule has 7 nitrogen and oxygen atoms in total. The summed E-state index contributed by atoms with van der Waals surface area (Å²) in [6, 6.07) is 11.7. The molecule has 0 aromatic heterocycles. The van der Waals surface area contributed by atoms with Gasteiger partial charge in [0.05, 0.1) is 22.0 Å². The molecule has 0 saturated heterocycles. The first kappa shape index (κ1) is 30.9. The number of carbonyl (C=O) groups is 2. The SMILES string of the molecule is CCC(C(=O)NCC(C)C)N(Cc1ccc(Cl)c(Cl)c1)C(=O)CCCN(c1ccccc1C)S(C)(=O)=O. The minimum atomic E-state index is -3.55. The molecule has 0 fully saturated rings. The molecule has 37 heavy (non-hydrogen) atoms. The van der Waals surface area contributed by atoms with E-state index in [-0.39, 0.29) is 37.2 Å². The van der Waals surface area contributed by atoms with Gasteiger partial charge in [-0.25, -0.2) is 8.42 Å². The van der Waals surface area contributed by atoms with Gasteiger partial charge in [0.15, 0.2) is 0 Å². The molecule has 2 aromatic rings. The first-order valence-corrected chi connectivity index (χ1v) is 15.0. The maximum atomic E-state index is 13.5. The number of carbonyl (C=O) groups excluding carboxylic acids is 2. The molecule has 0 aliphatic carbocycles.